The summed E-state index contributed by atoms with van der Waals surface area (Å²) >= 11 is 0. The minimum Gasteiger partial charge on any atom is -0.493 e. The summed E-state index contributed by atoms with van der Waals surface area (Å²) in [7, 11) is 0. The number of aryl methyl sites for hydroxylation is 3. The number of amides is 1. The van der Waals surface area contributed by atoms with Crippen LogP contribution in [-0.2, 0) is 4.79 Å². The number of carbonyl (C=O) groups excluding carboxylic acids is 1. The van der Waals surface area contributed by atoms with Crippen LogP contribution in [0.25, 0.3) is 16.5 Å². The van der Waals surface area contributed by atoms with Crippen LogP contribution in [0.2, 0.25) is 0 Å². The van der Waals surface area contributed by atoms with Crippen molar-refractivity contribution in [2.75, 3.05) is 18.5 Å². The number of rotatable bonds is 7. The van der Waals surface area contributed by atoms with Crippen molar-refractivity contribution in [2.24, 2.45) is 0 Å². The van der Waals surface area contributed by atoms with E-state index in [1.54, 1.807) is 6.08 Å². The lowest BCUT2D eigenvalue weighted by Crippen LogP contribution is -2.10. The van der Waals surface area contributed by atoms with E-state index in [9.17, 15) is 4.79 Å². The van der Waals surface area contributed by atoms with Crippen molar-refractivity contribution in [2.45, 2.75) is 41.5 Å². The van der Waals surface area contributed by atoms with Crippen LogP contribution in [0.3, 0.4) is 0 Å². The first-order chi connectivity index (χ1) is 14.4. The first-order valence-electron chi connectivity index (χ1n) is 10.2. The van der Waals surface area contributed by atoms with Gasteiger partial charge in [0.2, 0.25) is 5.91 Å². The van der Waals surface area contributed by atoms with Gasteiger partial charge in [0.1, 0.15) is 22.8 Å². The Kier molecular flexibility index (Phi) is 6.50. The molecule has 2 aromatic carbocycles. The standard InChI is InChI=1S/C25H29NO4/c1-7-28-22-12-10-9-11-21(22)26-23(27)13-15(3)19-14-20-16(4)18(6)30-25(20)17(5)24(19)29-8-2/h9-14H,7-8H2,1-6H3,(H,26,27)/b15-13+. The molecule has 1 N–H and O–H groups in total. The number of furan rings is 1. The van der Waals surface area contributed by atoms with Gasteiger partial charge in [-0.05, 0) is 70.9 Å². The molecule has 5 nitrogen and oxygen atoms in total. The maximum atomic E-state index is 12.7. The van der Waals surface area contributed by atoms with E-state index >= 15 is 0 Å². The second-order valence-electron chi connectivity index (χ2n) is 7.22. The van der Waals surface area contributed by atoms with Crippen molar-refractivity contribution in [1.82, 2.24) is 0 Å². The molecule has 0 bridgehead atoms. The van der Waals surface area contributed by atoms with Gasteiger partial charge in [-0.1, -0.05) is 12.1 Å². The Morgan fingerprint density at radius 3 is 2.47 bits per heavy atom. The van der Waals surface area contributed by atoms with Crippen molar-refractivity contribution in [1.29, 1.82) is 0 Å². The zero-order valence-electron chi connectivity index (χ0n) is 18.5. The van der Waals surface area contributed by atoms with Crippen LogP contribution in [-0.4, -0.2) is 19.1 Å². The molecule has 0 fully saturated rings. The largest absolute Gasteiger partial charge is 0.493 e. The molecular formula is C25H29NO4. The summed E-state index contributed by atoms with van der Waals surface area (Å²) < 4.78 is 17.5. The molecule has 1 amide bonds. The SMILES string of the molecule is CCOc1ccccc1NC(=O)/C=C(\C)c1cc2c(C)c(C)oc2c(C)c1OCC. The molecule has 0 atom stereocenters. The summed E-state index contributed by atoms with van der Waals surface area (Å²) in [6, 6.07) is 9.45. The van der Waals surface area contributed by atoms with E-state index in [-0.39, 0.29) is 5.91 Å². The van der Waals surface area contributed by atoms with Gasteiger partial charge in [0, 0.05) is 22.6 Å². The fraction of sp³-hybridized carbons (Fsp3) is 0.320. The number of para-hydroxylation sites is 2. The maximum Gasteiger partial charge on any atom is 0.248 e. The minimum atomic E-state index is -0.222. The van der Waals surface area contributed by atoms with Crippen LogP contribution in [0.4, 0.5) is 5.69 Å². The highest BCUT2D eigenvalue weighted by Crippen LogP contribution is 2.39. The molecule has 30 heavy (non-hydrogen) atoms. The molecule has 1 aromatic heterocycles. The third-order valence-corrected chi connectivity index (χ3v) is 5.15. The second-order valence-corrected chi connectivity index (χ2v) is 7.22. The molecule has 0 saturated carbocycles. The molecule has 0 aliphatic heterocycles. The number of hydrogen-bond acceptors (Lipinski definition) is 4. The lowest BCUT2D eigenvalue weighted by atomic mass is 9.98. The number of carbonyl (C=O) groups is 1. The molecule has 0 unspecified atom stereocenters. The molecule has 0 spiro atoms. The summed E-state index contributed by atoms with van der Waals surface area (Å²) in [5.74, 6) is 2.06. The van der Waals surface area contributed by atoms with Gasteiger partial charge >= 0.3 is 0 Å². The van der Waals surface area contributed by atoms with Gasteiger partial charge in [-0.3, -0.25) is 4.79 Å². The van der Waals surface area contributed by atoms with Crippen LogP contribution in [0.5, 0.6) is 11.5 Å². The van der Waals surface area contributed by atoms with Gasteiger partial charge in [0.05, 0.1) is 18.9 Å². The highest BCUT2D eigenvalue weighted by Gasteiger charge is 2.19. The molecule has 3 rings (SSSR count). The molecule has 3 aromatic rings. The topological polar surface area (TPSA) is 60.7 Å². The van der Waals surface area contributed by atoms with Crippen LogP contribution in [0.15, 0.2) is 40.8 Å². The summed E-state index contributed by atoms with van der Waals surface area (Å²) in [5, 5.41) is 3.96. The van der Waals surface area contributed by atoms with E-state index in [2.05, 4.69) is 5.32 Å². The Bertz CT molecular complexity index is 1110. The molecule has 1 heterocycles. The quantitative estimate of drug-likeness (QED) is 0.474. The Balaban J connectivity index is 2.00. The lowest BCUT2D eigenvalue weighted by molar-refractivity contribution is -0.111. The Morgan fingerprint density at radius 2 is 1.77 bits per heavy atom. The van der Waals surface area contributed by atoms with E-state index in [0.717, 1.165) is 44.7 Å². The number of fused-ring (bicyclic) bond motifs is 1. The van der Waals surface area contributed by atoms with Crippen molar-refractivity contribution < 1.29 is 18.7 Å². The number of nitrogens with one attached hydrogen (secondary N) is 1. The van der Waals surface area contributed by atoms with E-state index in [1.165, 1.54) is 0 Å². The first kappa shape index (κ1) is 21.5. The minimum absolute atomic E-state index is 0.222. The van der Waals surface area contributed by atoms with Crippen molar-refractivity contribution in [3.63, 3.8) is 0 Å². The van der Waals surface area contributed by atoms with Crippen LogP contribution >= 0.6 is 0 Å². The van der Waals surface area contributed by atoms with Gasteiger partial charge in [0.25, 0.3) is 0 Å². The highest BCUT2D eigenvalue weighted by atomic mass is 16.5. The van der Waals surface area contributed by atoms with Crippen molar-refractivity contribution in [3.8, 4) is 11.5 Å². The smallest absolute Gasteiger partial charge is 0.248 e. The number of benzene rings is 2. The highest BCUT2D eigenvalue weighted by molar-refractivity contribution is 6.05. The van der Waals surface area contributed by atoms with E-state index in [0.29, 0.717) is 24.7 Å². The van der Waals surface area contributed by atoms with Gasteiger partial charge in [-0.25, -0.2) is 0 Å². The first-order valence-corrected chi connectivity index (χ1v) is 10.2. The molecule has 0 radical (unpaired) electrons. The molecular weight excluding hydrogens is 378 g/mol. The Labute approximate surface area is 177 Å². The van der Waals surface area contributed by atoms with Crippen LogP contribution in [0, 0.1) is 20.8 Å². The van der Waals surface area contributed by atoms with Gasteiger partial charge in [0.15, 0.2) is 0 Å². The van der Waals surface area contributed by atoms with E-state index < -0.39 is 0 Å². The third kappa shape index (κ3) is 4.20. The average molecular weight is 408 g/mol. The molecule has 0 aliphatic carbocycles. The van der Waals surface area contributed by atoms with E-state index in [1.807, 2.05) is 71.9 Å². The second kappa shape index (κ2) is 9.08. The summed E-state index contributed by atoms with van der Waals surface area (Å²) in [4.78, 5) is 12.7. The Morgan fingerprint density at radius 1 is 1.07 bits per heavy atom. The predicted octanol–water partition coefficient (Wildman–Crippen LogP) is 6.20. The average Bonchev–Trinajstić information content (AvgIpc) is 3.00. The lowest BCUT2D eigenvalue weighted by Gasteiger charge is -2.15. The molecule has 158 valence electrons. The number of hydrogen-bond donors (Lipinski definition) is 1. The number of allylic oxidation sites excluding steroid dienone is 1. The summed E-state index contributed by atoms with van der Waals surface area (Å²) in [5.41, 5.74) is 5.22. The number of anilines is 1. The summed E-state index contributed by atoms with van der Waals surface area (Å²) in [6.07, 6.45) is 1.59. The monoisotopic (exact) mass is 407 g/mol. The molecule has 0 aliphatic rings. The van der Waals surface area contributed by atoms with Gasteiger partial charge in [-0.15, -0.1) is 0 Å². The molecule has 0 saturated heterocycles. The van der Waals surface area contributed by atoms with Crippen LogP contribution in [0.1, 0.15) is 43.2 Å². The fourth-order valence-electron chi connectivity index (χ4n) is 3.53. The fourth-order valence-corrected chi connectivity index (χ4v) is 3.53. The zero-order chi connectivity index (χ0) is 21.8. The van der Waals surface area contributed by atoms with Crippen molar-refractivity contribution >= 4 is 28.1 Å². The Hall–Kier alpha value is -3.21. The van der Waals surface area contributed by atoms with Gasteiger partial charge < -0.3 is 19.2 Å². The van der Waals surface area contributed by atoms with Crippen LogP contribution < -0.4 is 14.8 Å². The number of ether oxygens (including phenoxy) is 2. The van der Waals surface area contributed by atoms with E-state index in [4.69, 9.17) is 13.9 Å². The normalized spacial score (nSPS) is 11.6. The van der Waals surface area contributed by atoms with Crippen molar-refractivity contribution in [3.05, 3.63) is 58.9 Å². The predicted molar refractivity (Wildman–Crippen MR) is 121 cm³/mol. The molecule has 5 heteroatoms. The third-order valence-electron chi connectivity index (χ3n) is 5.15. The zero-order valence-corrected chi connectivity index (χ0v) is 18.5. The maximum absolute atomic E-state index is 12.7. The van der Waals surface area contributed by atoms with Gasteiger partial charge in [-0.2, -0.15) is 0 Å². The summed E-state index contributed by atoms with van der Waals surface area (Å²) in [6.45, 7) is 12.8.